The van der Waals surface area contributed by atoms with Crippen molar-refractivity contribution in [3.05, 3.63) is 82.5 Å². The number of carbonyl (C=O) groups excluding carboxylic acids is 1. The molecular weight excluding hydrogens is 378 g/mol. The lowest BCUT2D eigenvalue weighted by molar-refractivity contribution is 0.0268. The Labute approximate surface area is 166 Å². The largest absolute Gasteiger partial charge is 0.449 e. The van der Waals surface area contributed by atoms with Crippen LogP contribution in [-0.4, -0.2) is 20.7 Å². The van der Waals surface area contributed by atoms with E-state index in [9.17, 15) is 4.79 Å². The van der Waals surface area contributed by atoms with Crippen LogP contribution in [0, 0.1) is 6.92 Å². The molecule has 0 amide bonds. The predicted octanol–water partition coefficient (Wildman–Crippen LogP) is 4.95. The maximum atomic E-state index is 12.4. The van der Waals surface area contributed by atoms with Crippen molar-refractivity contribution in [1.29, 1.82) is 0 Å². The number of nitrogens with zero attached hydrogens (tertiary/aromatic N) is 3. The summed E-state index contributed by atoms with van der Waals surface area (Å²) in [4.78, 5) is 17.0. The summed E-state index contributed by atoms with van der Waals surface area (Å²) >= 11 is 6.13. The number of esters is 1. The molecule has 4 aromatic rings. The van der Waals surface area contributed by atoms with Gasteiger partial charge in [0, 0.05) is 17.6 Å². The van der Waals surface area contributed by atoms with Crippen LogP contribution in [0.5, 0.6) is 0 Å². The van der Waals surface area contributed by atoms with Gasteiger partial charge in [-0.25, -0.2) is 9.78 Å². The lowest BCUT2D eigenvalue weighted by Gasteiger charge is -2.15. The van der Waals surface area contributed by atoms with Crippen molar-refractivity contribution in [2.45, 2.75) is 26.5 Å². The normalized spacial score (nSPS) is 12.2. The standard InChI is InChI=1S/C21H18ClN3O3/c1-13-10-19(28-24-13)21(26)27-14(2)20-23-17-11-16(22)8-9-18(17)25(20)12-15-6-4-3-5-7-15/h3-11,14H,12H2,1-2H3. The average molecular weight is 396 g/mol. The van der Waals surface area contributed by atoms with Crippen molar-refractivity contribution in [3.63, 3.8) is 0 Å². The number of hydrogen-bond donors (Lipinski definition) is 0. The Hall–Kier alpha value is -3.12. The number of aryl methyl sites for hydroxylation is 1. The molecule has 0 fully saturated rings. The van der Waals surface area contributed by atoms with Crippen LogP contribution in [0.15, 0.2) is 59.1 Å². The molecule has 0 aliphatic carbocycles. The molecule has 6 nitrogen and oxygen atoms in total. The Morgan fingerprint density at radius 3 is 2.71 bits per heavy atom. The molecule has 142 valence electrons. The molecule has 0 saturated carbocycles. The van der Waals surface area contributed by atoms with Gasteiger partial charge in [-0.1, -0.05) is 47.1 Å². The van der Waals surface area contributed by atoms with E-state index in [1.807, 2.05) is 47.0 Å². The molecule has 1 unspecified atom stereocenters. The van der Waals surface area contributed by atoms with E-state index in [1.54, 1.807) is 26.0 Å². The molecular formula is C21H18ClN3O3. The monoisotopic (exact) mass is 395 g/mol. The SMILES string of the molecule is Cc1cc(C(=O)OC(C)c2nc3cc(Cl)ccc3n2Cc2ccccc2)on1. The van der Waals surface area contributed by atoms with E-state index in [4.69, 9.17) is 20.9 Å². The van der Waals surface area contributed by atoms with Gasteiger partial charge in [0.25, 0.3) is 0 Å². The quantitative estimate of drug-likeness (QED) is 0.447. The average Bonchev–Trinajstić information content (AvgIpc) is 3.26. The van der Waals surface area contributed by atoms with Crippen LogP contribution in [0.1, 0.15) is 40.7 Å². The highest BCUT2D eigenvalue weighted by Gasteiger charge is 2.23. The van der Waals surface area contributed by atoms with Gasteiger partial charge in [0.2, 0.25) is 5.76 Å². The minimum Gasteiger partial charge on any atom is -0.449 e. The summed E-state index contributed by atoms with van der Waals surface area (Å²) in [5, 5.41) is 4.33. The van der Waals surface area contributed by atoms with Crippen molar-refractivity contribution < 1.29 is 14.1 Å². The molecule has 7 heteroatoms. The molecule has 0 saturated heterocycles. The summed E-state index contributed by atoms with van der Waals surface area (Å²) in [5.41, 5.74) is 3.39. The Morgan fingerprint density at radius 1 is 1.21 bits per heavy atom. The van der Waals surface area contributed by atoms with E-state index in [1.165, 1.54) is 0 Å². The van der Waals surface area contributed by atoms with Gasteiger partial charge in [0.15, 0.2) is 11.9 Å². The zero-order chi connectivity index (χ0) is 19.7. The number of aromatic nitrogens is 3. The van der Waals surface area contributed by atoms with Crippen LogP contribution in [0.2, 0.25) is 5.02 Å². The summed E-state index contributed by atoms with van der Waals surface area (Å²) < 4.78 is 12.6. The Morgan fingerprint density at radius 2 is 2.00 bits per heavy atom. The third-order valence-electron chi connectivity index (χ3n) is 4.40. The molecule has 4 rings (SSSR count). The highest BCUT2D eigenvalue weighted by molar-refractivity contribution is 6.31. The maximum absolute atomic E-state index is 12.4. The van der Waals surface area contributed by atoms with Gasteiger partial charge in [-0.3, -0.25) is 0 Å². The van der Waals surface area contributed by atoms with Crippen molar-refractivity contribution in [1.82, 2.24) is 14.7 Å². The Balaban J connectivity index is 1.70. The van der Waals surface area contributed by atoms with Gasteiger partial charge in [-0.2, -0.15) is 0 Å². The molecule has 0 N–H and O–H groups in total. The number of imidazole rings is 1. The number of benzene rings is 2. The van der Waals surface area contributed by atoms with Crippen molar-refractivity contribution in [2.24, 2.45) is 0 Å². The second kappa shape index (κ2) is 7.48. The minimum absolute atomic E-state index is 0.0677. The van der Waals surface area contributed by atoms with Crippen LogP contribution in [-0.2, 0) is 11.3 Å². The number of carbonyl (C=O) groups is 1. The fourth-order valence-corrected chi connectivity index (χ4v) is 3.26. The Kier molecular flexibility index (Phi) is 4.88. The molecule has 0 aliphatic rings. The number of halogens is 1. The predicted molar refractivity (Wildman–Crippen MR) is 105 cm³/mol. The van der Waals surface area contributed by atoms with Gasteiger partial charge < -0.3 is 13.8 Å². The summed E-state index contributed by atoms with van der Waals surface area (Å²) in [5.74, 6) is 0.119. The molecule has 2 aromatic heterocycles. The summed E-state index contributed by atoms with van der Waals surface area (Å²) in [6.07, 6.45) is -0.590. The van der Waals surface area contributed by atoms with E-state index in [0.29, 0.717) is 23.1 Å². The second-order valence-corrected chi connectivity index (χ2v) is 6.99. The van der Waals surface area contributed by atoms with Crippen LogP contribution in [0.4, 0.5) is 0 Å². The highest BCUT2D eigenvalue weighted by atomic mass is 35.5. The van der Waals surface area contributed by atoms with Crippen LogP contribution in [0.3, 0.4) is 0 Å². The van der Waals surface area contributed by atoms with Crippen LogP contribution in [0.25, 0.3) is 11.0 Å². The molecule has 0 radical (unpaired) electrons. The molecule has 0 aliphatic heterocycles. The lowest BCUT2D eigenvalue weighted by Crippen LogP contribution is -2.14. The first-order chi connectivity index (χ1) is 13.5. The molecule has 0 spiro atoms. The number of ether oxygens (including phenoxy) is 1. The lowest BCUT2D eigenvalue weighted by atomic mass is 10.2. The van der Waals surface area contributed by atoms with Gasteiger partial charge in [0.05, 0.1) is 16.7 Å². The minimum atomic E-state index is -0.590. The smallest absolute Gasteiger partial charge is 0.377 e. The van der Waals surface area contributed by atoms with Crippen LogP contribution < -0.4 is 0 Å². The third-order valence-corrected chi connectivity index (χ3v) is 4.63. The molecule has 1 atom stereocenters. The summed E-state index contributed by atoms with van der Waals surface area (Å²) in [7, 11) is 0. The fourth-order valence-electron chi connectivity index (χ4n) is 3.10. The van der Waals surface area contributed by atoms with Crippen molar-refractivity contribution in [2.75, 3.05) is 0 Å². The summed E-state index contributed by atoms with van der Waals surface area (Å²) in [6.45, 7) is 4.12. The molecule has 2 aromatic carbocycles. The Bertz CT molecular complexity index is 1130. The molecule has 28 heavy (non-hydrogen) atoms. The first kappa shape index (κ1) is 18.3. The van der Waals surface area contributed by atoms with E-state index in [0.717, 1.165) is 16.6 Å². The first-order valence-electron chi connectivity index (χ1n) is 8.85. The van der Waals surface area contributed by atoms with Gasteiger partial charge in [-0.15, -0.1) is 0 Å². The number of hydrogen-bond acceptors (Lipinski definition) is 5. The molecule has 2 heterocycles. The van der Waals surface area contributed by atoms with E-state index < -0.39 is 12.1 Å². The number of rotatable bonds is 5. The van der Waals surface area contributed by atoms with Crippen LogP contribution >= 0.6 is 11.6 Å². The maximum Gasteiger partial charge on any atom is 0.377 e. The van der Waals surface area contributed by atoms with E-state index in [-0.39, 0.29) is 5.76 Å². The zero-order valence-corrected chi connectivity index (χ0v) is 16.2. The van der Waals surface area contributed by atoms with E-state index >= 15 is 0 Å². The topological polar surface area (TPSA) is 70.2 Å². The molecule has 0 bridgehead atoms. The second-order valence-electron chi connectivity index (χ2n) is 6.55. The van der Waals surface area contributed by atoms with Gasteiger partial charge in [0.1, 0.15) is 0 Å². The third kappa shape index (κ3) is 3.64. The summed E-state index contributed by atoms with van der Waals surface area (Å²) in [6, 6.07) is 17.1. The van der Waals surface area contributed by atoms with Crippen molar-refractivity contribution >= 4 is 28.6 Å². The zero-order valence-electron chi connectivity index (χ0n) is 15.4. The number of fused-ring (bicyclic) bond motifs is 1. The van der Waals surface area contributed by atoms with Crippen molar-refractivity contribution in [3.8, 4) is 0 Å². The van der Waals surface area contributed by atoms with E-state index in [2.05, 4.69) is 10.1 Å². The van der Waals surface area contributed by atoms with Gasteiger partial charge in [-0.05, 0) is 37.6 Å². The van der Waals surface area contributed by atoms with Gasteiger partial charge >= 0.3 is 5.97 Å². The first-order valence-corrected chi connectivity index (χ1v) is 9.23. The highest BCUT2D eigenvalue weighted by Crippen LogP contribution is 2.27. The fraction of sp³-hybridized carbons (Fsp3) is 0.190.